The van der Waals surface area contributed by atoms with Crippen molar-refractivity contribution < 1.29 is 19.8 Å². The number of hydrogen-bond donors (Lipinski definition) is 2. The summed E-state index contributed by atoms with van der Waals surface area (Å²) in [6, 6.07) is 3.45. The number of carboxylic acids is 2. The molecule has 1 aromatic rings. The van der Waals surface area contributed by atoms with Crippen LogP contribution < -0.4 is 0 Å². The molecule has 2 N–H and O–H groups in total. The zero-order valence-corrected chi connectivity index (χ0v) is 8.65. The van der Waals surface area contributed by atoms with E-state index in [4.69, 9.17) is 10.2 Å². The molecule has 0 radical (unpaired) electrons. The first-order valence-corrected chi connectivity index (χ1v) is 5.13. The van der Waals surface area contributed by atoms with Gasteiger partial charge in [0.2, 0.25) is 0 Å². The molecule has 0 amide bonds. The summed E-state index contributed by atoms with van der Waals surface area (Å²) in [5, 5.41) is 18.3. The summed E-state index contributed by atoms with van der Waals surface area (Å²) in [7, 11) is 0.280. The van der Waals surface area contributed by atoms with Crippen LogP contribution in [0.25, 0.3) is 0 Å². The Morgan fingerprint density at radius 3 is 2.50 bits per heavy atom. The standard InChI is InChI=1S/C9H11O4P/c1-9(8(12)13,5-7(10)11)6-3-2-4-14-6/h2-4,14H,5H2,1H3,(H,10,11)(H,12,13). The number of hydrogen-bond acceptors (Lipinski definition) is 2. The van der Waals surface area contributed by atoms with Crippen LogP contribution in [-0.2, 0) is 15.0 Å². The van der Waals surface area contributed by atoms with Gasteiger partial charge in [-0.05, 0) is 18.0 Å². The molecular formula is C9H11O4P. The maximum Gasteiger partial charge on any atom is 0.314 e. The van der Waals surface area contributed by atoms with Crippen molar-refractivity contribution in [1.82, 2.24) is 0 Å². The van der Waals surface area contributed by atoms with Gasteiger partial charge in [0, 0.05) is 0 Å². The third-order valence-electron chi connectivity index (χ3n) is 2.17. The number of carboxylic acid groups (broad SMARTS) is 2. The van der Waals surface area contributed by atoms with E-state index in [1.165, 1.54) is 6.92 Å². The van der Waals surface area contributed by atoms with E-state index >= 15 is 0 Å². The van der Waals surface area contributed by atoms with Crippen LogP contribution in [-0.4, -0.2) is 22.2 Å². The van der Waals surface area contributed by atoms with Gasteiger partial charge in [-0.1, -0.05) is 12.1 Å². The predicted octanol–water partition coefficient (Wildman–Crippen LogP) is 1.53. The largest absolute Gasteiger partial charge is 0.481 e. The highest BCUT2D eigenvalue weighted by Gasteiger charge is 2.37. The molecule has 76 valence electrons. The van der Waals surface area contributed by atoms with Crippen LogP contribution in [0.5, 0.6) is 0 Å². The second-order valence-electron chi connectivity index (χ2n) is 3.29. The average molecular weight is 214 g/mol. The SMILES string of the molecule is CC(CC(=O)O)(C(=O)O)c1ccc[pH]1. The molecule has 4 nitrogen and oxygen atoms in total. The first-order valence-electron chi connectivity index (χ1n) is 4.06. The van der Waals surface area contributed by atoms with Gasteiger partial charge in [-0.2, -0.15) is 0 Å². The highest BCUT2D eigenvalue weighted by molar-refractivity contribution is 7.30. The molecule has 1 aromatic heterocycles. The lowest BCUT2D eigenvalue weighted by molar-refractivity contribution is -0.149. The lowest BCUT2D eigenvalue weighted by atomic mass is 9.85. The van der Waals surface area contributed by atoms with E-state index in [2.05, 4.69) is 0 Å². The zero-order valence-electron chi connectivity index (χ0n) is 7.65. The highest BCUT2D eigenvalue weighted by Crippen LogP contribution is 2.34. The Morgan fingerprint density at radius 1 is 1.50 bits per heavy atom. The molecule has 1 rings (SSSR count). The van der Waals surface area contributed by atoms with Crippen LogP contribution in [0.15, 0.2) is 17.9 Å². The van der Waals surface area contributed by atoms with E-state index in [0.29, 0.717) is 5.30 Å². The van der Waals surface area contributed by atoms with Crippen LogP contribution in [0.1, 0.15) is 18.6 Å². The molecule has 14 heavy (non-hydrogen) atoms. The third kappa shape index (κ3) is 1.96. The molecular weight excluding hydrogens is 203 g/mol. The summed E-state index contributed by atoms with van der Waals surface area (Å²) in [5.74, 6) is -0.326. The minimum absolute atomic E-state index is 0.280. The van der Waals surface area contributed by atoms with Crippen molar-refractivity contribution >= 4 is 20.1 Å². The van der Waals surface area contributed by atoms with Crippen molar-refractivity contribution in [2.75, 3.05) is 0 Å². The fourth-order valence-electron chi connectivity index (χ4n) is 1.26. The van der Waals surface area contributed by atoms with Gasteiger partial charge in [0.1, 0.15) is 5.41 Å². The van der Waals surface area contributed by atoms with Crippen LogP contribution in [0.2, 0.25) is 0 Å². The molecule has 0 fully saturated rings. The maximum absolute atomic E-state index is 11.0. The average Bonchev–Trinajstić information content (AvgIpc) is 2.53. The molecule has 1 heterocycles. The molecule has 0 aliphatic carbocycles. The first-order chi connectivity index (χ1) is 6.47. The van der Waals surface area contributed by atoms with Gasteiger partial charge < -0.3 is 10.2 Å². The molecule has 0 saturated heterocycles. The fourth-order valence-corrected chi connectivity index (χ4v) is 2.34. The van der Waals surface area contributed by atoms with Crippen molar-refractivity contribution in [3.8, 4) is 0 Å². The quantitative estimate of drug-likeness (QED) is 0.797. The summed E-state index contributed by atoms with van der Waals surface area (Å²) in [4.78, 5) is 21.6. The van der Waals surface area contributed by atoms with Crippen molar-refractivity contribution in [1.29, 1.82) is 0 Å². The zero-order chi connectivity index (χ0) is 10.8. The van der Waals surface area contributed by atoms with Crippen molar-refractivity contribution in [2.24, 2.45) is 0 Å². The second-order valence-corrected chi connectivity index (χ2v) is 4.45. The Morgan fingerprint density at radius 2 is 2.14 bits per heavy atom. The van der Waals surface area contributed by atoms with Crippen LogP contribution >= 0.6 is 8.19 Å². The molecule has 0 bridgehead atoms. The van der Waals surface area contributed by atoms with Crippen molar-refractivity contribution in [3.05, 3.63) is 23.2 Å². The molecule has 0 aromatic carbocycles. The van der Waals surface area contributed by atoms with Gasteiger partial charge in [-0.15, -0.1) is 8.19 Å². The molecule has 2 atom stereocenters. The molecule has 0 saturated carbocycles. The van der Waals surface area contributed by atoms with E-state index in [1.54, 1.807) is 12.1 Å². The van der Waals surface area contributed by atoms with Gasteiger partial charge >= 0.3 is 11.9 Å². The lowest BCUT2D eigenvalue weighted by Crippen LogP contribution is -2.33. The molecule has 0 aliphatic rings. The number of aliphatic carboxylic acids is 2. The first kappa shape index (κ1) is 10.8. The topological polar surface area (TPSA) is 74.6 Å². The van der Waals surface area contributed by atoms with Gasteiger partial charge in [0.05, 0.1) is 6.42 Å². The number of rotatable bonds is 4. The fraction of sp³-hybridized carbons (Fsp3) is 0.333. The maximum atomic E-state index is 11.0. The van der Waals surface area contributed by atoms with E-state index in [9.17, 15) is 9.59 Å². The molecule has 0 spiro atoms. The van der Waals surface area contributed by atoms with Crippen LogP contribution in [0.4, 0.5) is 0 Å². The van der Waals surface area contributed by atoms with E-state index < -0.39 is 17.4 Å². The predicted molar refractivity (Wildman–Crippen MR) is 53.2 cm³/mol. The van der Waals surface area contributed by atoms with Crippen LogP contribution in [0.3, 0.4) is 0 Å². The van der Waals surface area contributed by atoms with Gasteiger partial charge in [-0.25, -0.2) is 0 Å². The van der Waals surface area contributed by atoms with Gasteiger partial charge in [0.15, 0.2) is 0 Å². The second kappa shape index (κ2) is 3.84. The normalized spacial score (nSPS) is 15.2. The summed E-state index contributed by atoms with van der Waals surface area (Å²) in [6.45, 7) is 1.45. The van der Waals surface area contributed by atoms with E-state index in [-0.39, 0.29) is 14.6 Å². The highest BCUT2D eigenvalue weighted by atomic mass is 31.0. The Bertz CT molecular complexity index is 344. The molecule has 5 heteroatoms. The summed E-state index contributed by atoms with van der Waals surface area (Å²) in [6.07, 6.45) is -0.372. The third-order valence-corrected chi connectivity index (χ3v) is 3.56. The Labute approximate surface area is 82.7 Å². The van der Waals surface area contributed by atoms with E-state index in [1.807, 2.05) is 5.80 Å². The Hall–Kier alpha value is -1.28. The van der Waals surface area contributed by atoms with Crippen LogP contribution in [0, 0.1) is 0 Å². The Kier molecular flexibility index (Phi) is 2.96. The lowest BCUT2D eigenvalue weighted by Gasteiger charge is -2.21. The van der Waals surface area contributed by atoms with E-state index in [0.717, 1.165) is 0 Å². The minimum atomic E-state index is -1.27. The van der Waals surface area contributed by atoms with Crippen molar-refractivity contribution in [2.45, 2.75) is 18.8 Å². The Balaban J connectivity index is 3.05. The molecule has 2 unspecified atom stereocenters. The van der Waals surface area contributed by atoms with Gasteiger partial charge in [-0.3, -0.25) is 9.59 Å². The minimum Gasteiger partial charge on any atom is -0.481 e. The summed E-state index contributed by atoms with van der Waals surface area (Å²) < 4.78 is 0. The number of carbonyl (C=O) groups is 2. The summed E-state index contributed by atoms with van der Waals surface area (Å²) in [5.41, 5.74) is -1.27. The monoisotopic (exact) mass is 214 g/mol. The smallest absolute Gasteiger partial charge is 0.314 e. The van der Waals surface area contributed by atoms with Crippen molar-refractivity contribution in [3.63, 3.8) is 0 Å². The van der Waals surface area contributed by atoms with Gasteiger partial charge in [0.25, 0.3) is 0 Å². The molecule has 0 aliphatic heterocycles. The summed E-state index contributed by atoms with van der Waals surface area (Å²) >= 11 is 0.